The Kier molecular flexibility index (Phi) is 4.68. The molecule has 0 saturated heterocycles. The highest BCUT2D eigenvalue weighted by atomic mass is 79.9. The molecule has 0 amide bonds. The monoisotopic (exact) mass is 353 g/mol. The second-order valence-corrected chi connectivity index (χ2v) is 5.80. The highest BCUT2D eigenvalue weighted by Crippen LogP contribution is 2.26. The van der Waals surface area contributed by atoms with Gasteiger partial charge in [-0.25, -0.2) is 4.79 Å². The Morgan fingerprint density at radius 2 is 2.05 bits per heavy atom. The van der Waals surface area contributed by atoms with Gasteiger partial charge in [-0.1, -0.05) is 39.7 Å². The summed E-state index contributed by atoms with van der Waals surface area (Å²) >= 11 is 9.39. The first kappa shape index (κ1) is 14.9. The molecule has 0 radical (unpaired) electrons. The molecular weight excluding hydrogens is 342 g/mol. The summed E-state index contributed by atoms with van der Waals surface area (Å²) in [6.07, 6.45) is 0. The lowest BCUT2D eigenvalue weighted by atomic mass is 10.1. The van der Waals surface area contributed by atoms with Gasteiger partial charge in [-0.3, -0.25) is 0 Å². The lowest BCUT2D eigenvalue weighted by Crippen LogP contribution is -2.19. The van der Waals surface area contributed by atoms with Crippen molar-refractivity contribution >= 4 is 39.2 Å². The molecule has 0 unspecified atom stereocenters. The maximum Gasteiger partial charge on any atom is 0.337 e. The minimum absolute atomic E-state index is 0.242. The van der Waals surface area contributed by atoms with Crippen LogP contribution in [-0.2, 0) is 6.54 Å². The number of aromatic carboxylic acids is 1. The van der Waals surface area contributed by atoms with Crippen LogP contribution in [0.25, 0.3) is 0 Å². The molecule has 0 aliphatic carbocycles. The SMILES string of the molecule is CN(Cc1cccc(Br)c1)c1cc(Cl)ccc1C(=O)O. The molecule has 0 saturated carbocycles. The number of carboxylic acid groups (broad SMARTS) is 1. The number of anilines is 1. The van der Waals surface area contributed by atoms with E-state index < -0.39 is 5.97 Å². The van der Waals surface area contributed by atoms with E-state index >= 15 is 0 Å². The molecule has 0 spiro atoms. The van der Waals surface area contributed by atoms with Crippen LogP contribution in [0.4, 0.5) is 5.69 Å². The van der Waals surface area contributed by atoms with Crippen LogP contribution in [0.5, 0.6) is 0 Å². The largest absolute Gasteiger partial charge is 0.478 e. The summed E-state index contributed by atoms with van der Waals surface area (Å²) in [5.41, 5.74) is 1.93. The topological polar surface area (TPSA) is 40.5 Å². The van der Waals surface area contributed by atoms with Gasteiger partial charge in [0.2, 0.25) is 0 Å². The van der Waals surface area contributed by atoms with Crippen molar-refractivity contribution in [2.24, 2.45) is 0 Å². The first-order chi connectivity index (χ1) is 9.47. The van der Waals surface area contributed by atoms with Gasteiger partial charge in [0.05, 0.1) is 11.3 Å². The molecule has 20 heavy (non-hydrogen) atoms. The Hall–Kier alpha value is -1.52. The van der Waals surface area contributed by atoms with Gasteiger partial charge in [-0.15, -0.1) is 0 Å². The van der Waals surface area contributed by atoms with Crippen LogP contribution in [-0.4, -0.2) is 18.1 Å². The fraction of sp³-hybridized carbons (Fsp3) is 0.133. The van der Waals surface area contributed by atoms with Crippen molar-refractivity contribution in [3.05, 3.63) is 63.1 Å². The quantitative estimate of drug-likeness (QED) is 0.882. The van der Waals surface area contributed by atoms with E-state index in [-0.39, 0.29) is 5.56 Å². The van der Waals surface area contributed by atoms with E-state index in [1.165, 1.54) is 6.07 Å². The van der Waals surface area contributed by atoms with Crippen molar-refractivity contribution in [1.29, 1.82) is 0 Å². The zero-order valence-corrected chi connectivity index (χ0v) is 13.1. The molecule has 0 aliphatic rings. The third-order valence-electron chi connectivity index (χ3n) is 2.91. The second-order valence-electron chi connectivity index (χ2n) is 4.45. The summed E-state index contributed by atoms with van der Waals surface area (Å²) in [6.45, 7) is 0.597. The van der Waals surface area contributed by atoms with Crippen LogP contribution in [0.15, 0.2) is 46.9 Å². The molecule has 1 N–H and O–H groups in total. The highest BCUT2D eigenvalue weighted by molar-refractivity contribution is 9.10. The molecule has 0 aliphatic heterocycles. The highest BCUT2D eigenvalue weighted by Gasteiger charge is 2.14. The summed E-state index contributed by atoms with van der Waals surface area (Å²) in [5, 5.41) is 9.76. The van der Waals surface area contributed by atoms with E-state index in [9.17, 15) is 9.90 Å². The van der Waals surface area contributed by atoms with Crippen LogP contribution in [0.2, 0.25) is 5.02 Å². The molecule has 0 heterocycles. The number of hydrogen-bond acceptors (Lipinski definition) is 2. The average Bonchev–Trinajstić information content (AvgIpc) is 2.38. The second kappa shape index (κ2) is 6.29. The smallest absolute Gasteiger partial charge is 0.337 e. The number of benzene rings is 2. The predicted octanol–water partition coefficient (Wildman–Crippen LogP) is 4.44. The molecule has 3 nitrogen and oxygen atoms in total. The third-order valence-corrected chi connectivity index (χ3v) is 3.64. The average molecular weight is 355 g/mol. The summed E-state index contributed by atoms with van der Waals surface area (Å²) in [4.78, 5) is 13.1. The lowest BCUT2D eigenvalue weighted by Gasteiger charge is -2.21. The Bertz CT molecular complexity index is 646. The van der Waals surface area contributed by atoms with E-state index in [2.05, 4.69) is 15.9 Å². The normalized spacial score (nSPS) is 10.3. The van der Waals surface area contributed by atoms with Crippen LogP contribution >= 0.6 is 27.5 Å². The van der Waals surface area contributed by atoms with Crippen LogP contribution in [0.1, 0.15) is 15.9 Å². The minimum Gasteiger partial charge on any atom is -0.478 e. The maximum absolute atomic E-state index is 11.3. The Labute approximate surface area is 130 Å². The summed E-state index contributed by atoms with van der Waals surface area (Å²) in [6, 6.07) is 12.7. The fourth-order valence-electron chi connectivity index (χ4n) is 2.00. The van der Waals surface area contributed by atoms with Crippen molar-refractivity contribution in [1.82, 2.24) is 0 Å². The van der Waals surface area contributed by atoms with E-state index in [1.54, 1.807) is 12.1 Å². The lowest BCUT2D eigenvalue weighted by molar-refractivity contribution is 0.0697. The summed E-state index contributed by atoms with van der Waals surface area (Å²) in [5.74, 6) is -0.960. The van der Waals surface area contributed by atoms with Crippen LogP contribution in [0.3, 0.4) is 0 Å². The van der Waals surface area contributed by atoms with E-state index in [1.807, 2.05) is 36.2 Å². The summed E-state index contributed by atoms with van der Waals surface area (Å²) < 4.78 is 0.993. The Morgan fingerprint density at radius 3 is 2.70 bits per heavy atom. The Balaban J connectivity index is 2.31. The third kappa shape index (κ3) is 3.52. The molecule has 0 fully saturated rings. The number of hydrogen-bond donors (Lipinski definition) is 1. The molecule has 0 bridgehead atoms. The van der Waals surface area contributed by atoms with Crippen molar-refractivity contribution in [3.8, 4) is 0 Å². The van der Waals surface area contributed by atoms with E-state index in [4.69, 9.17) is 11.6 Å². The van der Waals surface area contributed by atoms with Crippen molar-refractivity contribution in [2.75, 3.05) is 11.9 Å². The van der Waals surface area contributed by atoms with Gasteiger partial charge in [0, 0.05) is 23.1 Å². The standard InChI is InChI=1S/C15H13BrClNO2/c1-18(9-10-3-2-4-11(16)7-10)14-8-12(17)5-6-13(14)15(19)20/h2-8H,9H2,1H3,(H,19,20). The predicted molar refractivity (Wildman–Crippen MR) is 84.7 cm³/mol. The molecule has 5 heteroatoms. The minimum atomic E-state index is -0.960. The number of carbonyl (C=O) groups is 1. The molecule has 2 rings (SSSR count). The molecule has 0 atom stereocenters. The molecular formula is C15H13BrClNO2. The number of nitrogens with zero attached hydrogens (tertiary/aromatic N) is 1. The fourth-order valence-corrected chi connectivity index (χ4v) is 2.61. The zero-order chi connectivity index (χ0) is 14.7. The molecule has 2 aromatic rings. The van der Waals surface area contributed by atoms with Gasteiger partial charge in [-0.2, -0.15) is 0 Å². The van der Waals surface area contributed by atoms with Crippen molar-refractivity contribution in [2.45, 2.75) is 6.54 Å². The maximum atomic E-state index is 11.3. The summed E-state index contributed by atoms with van der Waals surface area (Å²) in [7, 11) is 1.85. The van der Waals surface area contributed by atoms with Gasteiger partial charge in [0.15, 0.2) is 0 Å². The van der Waals surface area contributed by atoms with E-state index in [0.29, 0.717) is 17.3 Å². The van der Waals surface area contributed by atoms with E-state index in [0.717, 1.165) is 10.0 Å². The van der Waals surface area contributed by atoms with Crippen molar-refractivity contribution < 1.29 is 9.90 Å². The van der Waals surface area contributed by atoms with Gasteiger partial charge in [0.25, 0.3) is 0 Å². The molecule has 104 valence electrons. The first-order valence-corrected chi connectivity index (χ1v) is 7.13. The first-order valence-electron chi connectivity index (χ1n) is 5.96. The number of carboxylic acids is 1. The van der Waals surface area contributed by atoms with Crippen molar-refractivity contribution in [3.63, 3.8) is 0 Å². The van der Waals surface area contributed by atoms with Gasteiger partial charge >= 0.3 is 5.97 Å². The van der Waals surface area contributed by atoms with Gasteiger partial charge in [0.1, 0.15) is 0 Å². The zero-order valence-electron chi connectivity index (χ0n) is 10.8. The number of halogens is 2. The van der Waals surface area contributed by atoms with Crippen LogP contribution < -0.4 is 4.90 Å². The number of rotatable bonds is 4. The van der Waals surface area contributed by atoms with Gasteiger partial charge < -0.3 is 10.0 Å². The molecule has 0 aromatic heterocycles. The Morgan fingerprint density at radius 1 is 1.30 bits per heavy atom. The van der Waals surface area contributed by atoms with Gasteiger partial charge in [-0.05, 0) is 35.9 Å². The molecule has 2 aromatic carbocycles. The van der Waals surface area contributed by atoms with Crippen LogP contribution in [0, 0.1) is 0 Å².